The Bertz CT molecular complexity index is 855. The van der Waals surface area contributed by atoms with E-state index in [1.165, 1.54) is 6.07 Å². The van der Waals surface area contributed by atoms with Gasteiger partial charge in [0, 0.05) is 6.42 Å². The lowest BCUT2D eigenvalue weighted by atomic mass is 10.1. The van der Waals surface area contributed by atoms with Crippen LogP contribution in [0.4, 0.5) is 14.7 Å². The summed E-state index contributed by atoms with van der Waals surface area (Å²) >= 11 is 0. The van der Waals surface area contributed by atoms with Gasteiger partial charge in [0.2, 0.25) is 5.95 Å². The van der Waals surface area contributed by atoms with Gasteiger partial charge in [0.05, 0.1) is 0 Å². The van der Waals surface area contributed by atoms with Crippen LogP contribution in [0.15, 0.2) is 23.0 Å². The molecular weight excluding hydrogens is 268 g/mol. The largest absolute Gasteiger partial charge is 0.369 e. The summed E-state index contributed by atoms with van der Waals surface area (Å²) in [5, 5.41) is 0. The van der Waals surface area contributed by atoms with Gasteiger partial charge < -0.3 is 10.7 Å². The van der Waals surface area contributed by atoms with Crippen LogP contribution in [0.1, 0.15) is 11.4 Å². The van der Waals surface area contributed by atoms with Gasteiger partial charge in [-0.25, -0.2) is 13.8 Å². The summed E-state index contributed by atoms with van der Waals surface area (Å²) < 4.78 is 25.9. The highest BCUT2D eigenvalue weighted by Gasteiger charge is 2.10. The highest BCUT2D eigenvalue weighted by atomic mass is 19.2. The number of imidazole rings is 1. The molecule has 20 heavy (non-hydrogen) atoms. The smallest absolute Gasteiger partial charge is 0.278 e. The van der Waals surface area contributed by atoms with Gasteiger partial charge in [0.25, 0.3) is 5.56 Å². The van der Waals surface area contributed by atoms with E-state index in [2.05, 4.69) is 19.9 Å². The van der Waals surface area contributed by atoms with Crippen molar-refractivity contribution in [2.24, 2.45) is 0 Å². The third kappa shape index (κ3) is 2.11. The molecule has 0 unspecified atom stereocenters. The number of benzene rings is 1. The summed E-state index contributed by atoms with van der Waals surface area (Å²) in [5.74, 6) is -1.47. The summed E-state index contributed by atoms with van der Waals surface area (Å²) in [6.07, 6.45) is 0.215. The van der Waals surface area contributed by atoms with E-state index in [4.69, 9.17) is 5.73 Å². The predicted molar refractivity (Wildman–Crippen MR) is 68.1 cm³/mol. The van der Waals surface area contributed by atoms with E-state index in [0.29, 0.717) is 11.4 Å². The lowest BCUT2D eigenvalue weighted by Gasteiger charge is -1.99. The number of nitrogens with two attached hydrogens (primary N) is 1. The van der Waals surface area contributed by atoms with Crippen molar-refractivity contribution in [1.29, 1.82) is 0 Å². The Balaban J connectivity index is 2.00. The quantitative estimate of drug-likeness (QED) is 0.653. The fourth-order valence-corrected chi connectivity index (χ4v) is 1.90. The number of hydrogen-bond donors (Lipinski definition) is 3. The molecule has 0 radical (unpaired) electrons. The third-order valence-corrected chi connectivity index (χ3v) is 2.78. The van der Waals surface area contributed by atoms with E-state index in [1.54, 1.807) is 0 Å². The van der Waals surface area contributed by atoms with Crippen LogP contribution in [0.2, 0.25) is 0 Å². The summed E-state index contributed by atoms with van der Waals surface area (Å²) in [6.45, 7) is 0. The zero-order chi connectivity index (χ0) is 14.3. The van der Waals surface area contributed by atoms with E-state index >= 15 is 0 Å². The van der Waals surface area contributed by atoms with E-state index in [1.807, 2.05) is 0 Å². The van der Waals surface area contributed by atoms with Crippen molar-refractivity contribution in [2.75, 3.05) is 5.73 Å². The fourth-order valence-electron chi connectivity index (χ4n) is 1.90. The van der Waals surface area contributed by atoms with Gasteiger partial charge in [-0.3, -0.25) is 9.78 Å². The second kappa shape index (κ2) is 4.41. The van der Waals surface area contributed by atoms with Crippen LogP contribution < -0.4 is 11.3 Å². The molecule has 0 spiro atoms. The summed E-state index contributed by atoms with van der Waals surface area (Å²) in [5.41, 5.74) is 5.87. The molecule has 0 aliphatic carbocycles. The minimum Gasteiger partial charge on any atom is -0.369 e. The molecule has 3 rings (SSSR count). The number of rotatable bonds is 2. The van der Waals surface area contributed by atoms with E-state index in [-0.39, 0.29) is 23.5 Å². The van der Waals surface area contributed by atoms with Gasteiger partial charge in [0.1, 0.15) is 5.82 Å². The molecule has 6 nitrogen and oxygen atoms in total. The molecule has 2 heterocycles. The number of hydrogen-bond acceptors (Lipinski definition) is 4. The average molecular weight is 277 g/mol. The molecular formula is C12H9F2N5O. The van der Waals surface area contributed by atoms with Crippen molar-refractivity contribution in [3.05, 3.63) is 51.6 Å². The maximum Gasteiger partial charge on any atom is 0.278 e. The van der Waals surface area contributed by atoms with Crippen molar-refractivity contribution in [3.8, 4) is 0 Å². The zero-order valence-electron chi connectivity index (χ0n) is 10.1. The van der Waals surface area contributed by atoms with Gasteiger partial charge >= 0.3 is 0 Å². The summed E-state index contributed by atoms with van der Waals surface area (Å²) in [7, 11) is 0. The number of fused-ring (bicyclic) bond motifs is 1. The Hall–Kier alpha value is -2.77. The molecule has 0 saturated carbocycles. The fraction of sp³-hybridized carbons (Fsp3) is 0.0833. The molecule has 3 aromatic rings. The Morgan fingerprint density at radius 3 is 2.70 bits per heavy atom. The van der Waals surface area contributed by atoms with Gasteiger partial charge in [-0.15, -0.1) is 0 Å². The van der Waals surface area contributed by atoms with Crippen LogP contribution in [0.5, 0.6) is 0 Å². The minimum absolute atomic E-state index is 0.0339. The van der Waals surface area contributed by atoms with Crippen LogP contribution in [0.25, 0.3) is 11.2 Å². The van der Waals surface area contributed by atoms with E-state index in [0.717, 1.165) is 12.1 Å². The van der Waals surface area contributed by atoms with Crippen LogP contribution >= 0.6 is 0 Å². The average Bonchev–Trinajstić information content (AvgIpc) is 2.76. The number of nitrogens with one attached hydrogen (secondary N) is 2. The highest BCUT2D eigenvalue weighted by molar-refractivity contribution is 5.70. The number of halogens is 2. The van der Waals surface area contributed by atoms with E-state index < -0.39 is 17.2 Å². The molecule has 0 amide bonds. The van der Waals surface area contributed by atoms with Crippen molar-refractivity contribution in [3.63, 3.8) is 0 Å². The van der Waals surface area contributed by atoms with Gasteiger partial charge in [-0.1, -0.05) is 6.07 Å². The molecule has 0 aliphatic rings. The number of anilines is 1. The van der Waals surface area contributed by atoms with E-state index in [9.17, 15) is 13.6 Å². The van der Waals surface area contributed by atoms with Crippen molar-refractivity contribution >= 4 is 17.1 Å². The maximum atomic E-state index is 13.1. The maximum absolute atomic E-state index is 13.1. The van der Waals surface area contributed by atoms with Crippen LogP contribution in [0, 0.1) is 11.6 Å². The monoisotopic (exact) mass is 277 g/mol. The SMILES string of the molecule is Nc1nc2nc(Cc3ccc(F)c(F)c3)[nH]c2c(=O)[nH]1. The molecule has 4 N–H and O–H groups in total. The molecule has 0 bridgehead atoms. The first-order chi connectivity index (χ1) is 9.52. The number of nitrogen functional groups attached to an aromatic ring is 1. The second-order valence-electron chi connectivity index (χ2n) is 4.26. The highest BCUT2D eigenvalue weighted by Crippen LogP contribution is 2.13. The Labute approximate surface area is 110 Å². The van der Waals surface area contributed by atoms with Gasteiger partial charge in [-0.05, 0) is 17.7 Å². The van der Waals surface area contributed by atoms with Crippen molar-refractivity contribution in [2.45, 2.75) is 6.42 Å². The Morgan fingerprint density at radius 1 is 1.15 bits per heavy atom. The van der Waals surface area contributed by atoms with Gasteiger partial charge in [-0.2, -0.15) is 4.98 Å². The molecule has 2 aromatic heterocycles. The normalized spacial score (nSPS) is 11.1. The molecule has 0 fully saturated rings. The first kappa shape index (κ1) is 12.3. The molecule has 1 aromatic carbocycles. The van der Waals surface area contributed by atoms with Crippen molar-refractivity contribution in [1.82, 2.24) is 19.9 Å². The minimum atomic E-state index is -0.932. The Kier molecular flexibility index (Phi) is 2.70. The first-order valence-corrected chi connectivity index (χ1v) is 5.71. The summed E-state index contributed by atoms with van der Waals surface area (Å²) in [6, 6.07) is 3.56. The zero-order valence-corrected chi connectivity index (χ0v) is 10.1. The molecule has 0 saturated heterocycles. The topological polar surface area (TPSA) is 100 Å². The van der Waals surface area contributed by atoms with Crippen LogP contribution in [0.3, 0.4) is 0 Å². The van der Waals surface area contributed by atoms with Gasteiger partial charge in [0.15, 0.2) is 22.8 Å². The lowest BCUT2D eigenvalue weighted by molar-refractivity contribution is 0.507. The van der Waals surface area contributed by atoms with Crippen LogP contribution in [-0.2, 0) is 6.42 Å². The Morgan fingerprint density at radius 2 is 1.95 bits per heavy atom. The predicted octanol–water partition coefficient (Wildman–Crippen LogP) is 1.10. The molecule has 0 aliphatic heterocycles. The number of aromatic nitrogens is 4. The van der Waals surface area contributed by atoms with Crippen molar-refractivity contribution < 1.29 is 8.78 Å². The number of H-pyrrole nitrogens is 2. The number of nitrogens with zero attached hydrogens (tertiary/aromatic N) is 2. The second-order valence-corrected chi connectivity index (χ2v) is 4.26. The standard InChI is InChI=1S/C12H9F2N5O/c13-6-2-1-5(3-7(6)14)4-8-16-9-10(17-8)18-12(15)19-11(9)20/h1-3H,4H2,(H4,15,16,17,18,19,20). The third-order valence-electron chi connectivity index (χ3n) is 2.78. The lowest BCUT2D eigenvalue weighted by Crippen LogP contribution is -2.10. The number of aromatic amines is 2. The van der Waals surface area contributed by atoms with Crippen LogP contribution in [-0.4, -0.2) is 19.9 Å². The molecule has 102 valence electrons. The molecule has 0 atom stereocenters. The molecule has 8 heteroatoms. The first-order valence-electron chi connectivity index (χ1n) is 5.71. The summed E-state index contributed by atoms with van der Waals surface area (Å²) in [4.78, 5) is 24.7.